The zero-order chi connectivity index (χ0) is 23.7. The lowest BCUT2D eigenvalue weighted by molar-refractivity contribution is -0.141. The number of nitrogens with zero attached hydrogens (tertiary/aromatic N) is 5. The Labute approximate surface area is 178 Å². The third kappa shape index (κ3) is 6.02. The van der Waals surface area contributed by atoms with Gasteiger partial charge in [-0.3, -0.25) is 0 Å². The van der Waals surface area contributed by atoms with E-state index in [9.17, 15) is 26.3 Å². The first-order valence-electron chi connectivity index (χ1n) is 9.09. The van der Waals surface area contributed by atoms with Crippen LogP contribution in [0.1, 0.15) is 32.2 Å². The van der Waals surface area contributed by atoms with Gasteiger partial charge in [-0.05, 0) is 32.9 Å². The number of hydrogen-bond acceptors (Lipinski definition) is 7. The zero-order valence-electron chi connectivity index (χ0n) is 17.0. The summed E-state index contributed by atoms with van der Waals surface area (Å²) in [5.74, 6) is -0.171. The lowest BCUT2D eigenvalue weighted by Gasteiger charge is -2.22. The van der Waals surface area contributed by atoms with Gasteiger partial charge in [0, 0.05) is 17.7 Å². The van der Waals surface area contributed by atoms with Crippen LogP contribution in [0.4, 0.5) is 43.8 Å². The summed E-state index contributed by atoms with van der Waals surface area (Å²) < 4.78 is 77.9. The van der Waals surface area contributed by atoms with Crippen molar-refractivity contribution in [3.05, 3.63) is 48.0 Å². The molecule has 3 aromatic heterocycles. The predicted octanol–water partition coefficient (Wildman–Crippen LogP) is 5.32. The first-order valence-corrected chi connectivity index (χ1v) is 9.09. The van der Waals surface area contributed by atoms with Crippen LogP contribution in [-0.4, -0.2) is 30.5 Å². The number of rotatable bonds is 4. The minimum absolute atomic E-state index is 0.00668. The third-order valence-electron chi connectivity index (χ3n) is 3.71. The van der Waals surface area contributed by atoms with Gasteiger partial charge in [0.2, 0.25) is 0 Å². The van der Waals surface area contributed by atoms with Crippen molar-refractivity contribution >= 4 is 17.5 Å². The summed E-state index contributed by atoms with van der Waals surface area (Å²) in [6, 6.07) is 5.32. The van der Waals surface area contributed by atoms with E-state index in [-0.39, 0.29) is 29.0 Å². The fourth-order valence-electron chi connectivity index (χ4n) is 2.50. The van der Waals surface area contributed by atoms with E-state index < -0.39 is 29.3 Å². The van der Waals surface area contributed by atoms with Crippen LogP contribution in [0.2, 0.25) is 0 Å². The van der Waals surface area contributed by atoms with Crippen LogP contribution in [-0.2, 0) is 12.4 Å². The van der Waals surface area contributed by atoms with Crippen LogP contribution in [0.3, 0.4) is 0 Å². The first kappa shape index (κ1) is 23.2. The number of hydrogen-bond donors (Lipinski definition) is 2. The highest BCUT2D eigenvalue weighted by atomic mass is 19.4. The molecule has 2 N–H and O–H groups in total. The third-order valence-corrected chi connectivity index (χ3v) is 3.71. The molecule has 0 aliphatic carbocycles. The molecule has 0 aliphatic rings. The largest absolute Gasteiger partial charge is 0.433 e. The monoisotopic (exact) mass is 457 g/mol. The van der Waals surface area contributed by atoms with Crippen LogP contribution in [0, 0.1) is 0 Å². The molecule has 0 amide bonds. The number of pyridine rings is 1. The minimum atomic E-state index is -4.68. The molecule has 0 bridgehead atoms. The minimum Gasteiger partial charge on any atom is -0.365 e. The maximum Gasteiger partial charge on any atom is 0.433 e. The summed E-state index contributed by atoms with van der Waals surface area (Å²) in [5, 5.41) is 5.65. The fourth-order valence-corrected chi connectivity index (χ4v) is 2.50. The Morgan fingerprint density at radius 2 is 1.38 bits per heavy atom. The highest BCUT2D eigenvalue weighted by Crippen LogP contribution is 2.31. The Morgan fingerprint density at radius 3 is 2.00 bits per heavy atom. The second-order valence-electron chi connectivity index (χ2n) is 7.65. The SMILES string of the molecule is CC(C)(C)Nc1cc(Nc2cc(C(F)(F)F)ncn2)nc(-c2cccc(C(F)(F)F)n2)n1. The van der Waals surface area contributed by atoms with Crippen molar-refractivity contribution in [2.75, 3.05) is 10.6 Å². The van der Waals surface area contributed by atoms with Gasteiger partial charge in [-0.1, -0.05) is 6.07 Å². The summed E-state index contributed by atoms with van der Waals surface area (Å²) in [4.78, 5) is 18.8. The van der Waals surface area contributed by atoms with Gasteiger partial charge < -0.3 is 10.6 Å². The summed E-state index contributed by atoms with van der Waals surface area (Å²) >= 11 is 0. The van der Waals surface area contributed by atoms with E-state index in [4.69, 9.17) is 0 Å². The lowest BCUT2D eigenvalue weighted by Crippen LogP contribution is -2.27. The number of anilines is 3. The van der Waals surface area contributed by atoms with E-state index in [0.29, 0.717) is 6.07 Å². The van der Waals surface area contributed by atoms with Crippen LogP contribution < -0.4 is 10.6 Å². The molecule has 3 heterocycles. The molecule has 0 aliphatic heterocycles. The van der Waals surface area contributed by atoms with E-state index in [1.54, 1.807) is 0 Å². The second-order valence-corrected chi connectivity index (χ2v) is 7.65. The average Bonchev–Trinajstić information content (AvgIpc) is 2.65. The van der Waals surface area contributed by atoms with Crippen molar-refractivity contribution in [1.82, 2.24) is 24.9 Å². The number of nitrogens with one attached hydrogen (secondary N) is 2. The fraction of sp³-hybridized carbons (Fsp3) is 0.316. The topological polar surface area (TPSA) is 88.5 Å². The highest BCUT2D eigenvalue weighted by molar-refractivity contribution is 5.62. The molecule has 0 saturated heterocycles. The molecule has 0 saturated carbocycles. The van der Waals surface area contributed by atoms with Crippen LogP contribution in [0.15, 0.2) is 36.7 Å². The van der Waals surface area contributed by atoms with Gasteiger partial charge in [0.1, 0.15) is 40.9 Å². The Morgan fingerprint density at radius 1 is 0.719 bits per heavy atom. The molecule has 0 unspecified atom stereocenters. The van der Waals surface area contributed by atoms with E-state index in [0.717, 1.165) is 18.5 Å². The Hall–Kier alpha value is -3.51. The number of aromatic nitrogens is 5. The smallest absolute Gasteiger partial charge is 0.365 e. The molecule has 3 aromatic rings. The van der Waals surface area contributed by atoms with Crippen molar-refractivity contribution in [3.8, 4) is 11.5 Å². The standard InChI is InChI=1S/C19H17F6N7/c1-17(2,3)32-15-8-14(29-13-7-12(19(23,24)25)26-9-27-13)30-16(31-15)10-5-4-6-11(28-10)18(20,21)22/h4-9H,1-3H3,(H2,26,27,29,30,31,32). The first-order chi connectivity index (χ1) is 14.7. The van der Waals surface area contributed by atoms with E-state index in [2.05, 4.69) is 35.6 Å². The Balaban J connectivity index is 2.05. The molecule has 0 atom stereocenters. The van der Waals surface area contributed by atoms with Crippen molar-refractivity contribution in [2.24, 2.45) is 0 Å². The van der Waals surface area contributed by atoms with Crippen molar-refractivity contribution in [2.45, 2.75) is 38.7 Å². The predicted molar refractivity (Wildman–Crippen MR) is 104 cm³/mol. The molecule has 0 radical (unpaired) electrons. The van der Waals surface area contributed by atoms with Crippen LogP contribution in [0.25, 0.3) is 11.5 Å². The highest BCUT2D eigenvalue weighted by Gasteiger charge is 2.33. The van der Waals surface area contributed by atoms with Gasteiger partial charge in [0.15, 0.2) is 5.82 Å². The van der Waals surface area contributed by atoms with Gasteiger partial charge in [0.05, 0.1) is 0 Å². The van der Waals surface area contributed by atoms with Crippen molar-refractivity contribution in [3.63, 3.8) is 0 Å². The van der Waals surface area contributed by atoms with Crippen molar-refractivity contribution < 1.29 is 26.3 Å². The van der Waals surface area contributed by atoms with E-state index in [1.807, 2.05) is 20.8 Å². The summed E-state index contributed by atoms with van der Waals surface area (Å²) in [5.41, 5.74) is -2.95. The normalized spacial score (nSPS) is 12.5. The molecule has 0 aromatic carbocycles. The maximum atomic E-state index is 13.1. The van der Waals surface area contributed by atoms with Crippen molar-refractivity contribution in [1.29, 1.82) is 0 Å². The number of halogens is 6. The average molecular weight is 457 g/mol. The van der Waals surface area contributed by atoms with Gasteiger partial charge >= 0.3 is 12.4 Å². The van der Waals surface area contributed by atoms with Crippen LogP contribution in [0.5, 0.6) is 0 Å². The molecule has 0 spiro atoms. The molecule has 3 rings (SSSR count). The van der Waals surface area contributed by atoms with E-state index >= 15 is 0 Å². The summed E-state index contributed by atoms with van der Waals surface area (Å²) in [6.45, 7) is 5.47. The summed E-state index contributed by atoms with van der Waals surface area (Å²) in [6.07, 6.45) is -8.62. The molecular formula is C19H17F6N7. The molecule has 170 valence electrons. The zero-order valence-corrected chi connectivity index (χ0v) is 17.0. The second kappa shape index (κ2) is 8.20. The van der Waals surface area contributed by atoms with Gasteiger partial charge in [-0.2, -0.15) is 26.3 Å². The molecule has 32 heavy (non-hydrogen) atoms. The maximum absolute atomic E-state index is 13.1. The molecule has 13 heteroatoms. The molecule has 0 fully saturated rings. The van der Waals surface area contributed by atoms with Crippen LogP contribution >= 0.6 is 0 Å². The number of alkyl halides is 6. The lowest BCUT2D eigenvalue weighted by atomic mass is 10.1. The molecule has 7 nitrogen and oxygen atoms in total. The summed E-state index contributed by atoms with van der Waals surface area (Å²) in [7, 11) is 0. The quantitative estimate of drug-likeness (QED) is 0.513. The van der Waals surface area contributed by atoms with E-state index in [1.165, 1.54) is 12.1 Å². The Bertz CT molecular complexity index is 1110. The Kier molecular flexibility index (Phi) is 5.94. The van der Waals surface area contributed by atoms with Gasteiger partial charge in [0.25, 0.3) is 0 Å². The molecular weight excluding hydrogens is 440 g/mol. The van der Waals surface area contributed by atoms with Gasteiger partial charge in [-0.25, -0.2) is 24.9 Å². The van der Waals surface area contributed by atoms with Gasteiger partial charge in [-0.15, -0.1) is 0 Å².